The van der Waals surface area contributed by atoms with Crippen LogP contribution in [0.1, 0.15) is 41.7 Å². The molecule has 1 saturated heterocycles. The number of likely N-dealkylation sites (N-methyl/N-ethyl adjacent to an activating group) is 1. The summed E-state index contributed by atoms with van der Waals surface area (Å²) >= 11 is 0. The molecule has 2 aliphatic heterocycles. The van der Waals surface area contributed by atoms with Gasteiger partial charge in [-0.2, -0.15) is 4.98 Å². The van der Waals surface area contributed by atoms with Gasteiger partial charge in [0.05, 0.1) is 6.04 Å². The number of rotatable bonds is 3. The average molecular weight is 326 g/mol. The first-order chi connectivity index (χ1) is 11.7. The molecule has 2 aromatic rings. The van der Waals surface area contributed by atoms with Crippen LogP contribution in [0.5, 0.6) is 0 Å². The molecule has 0 radical (unpaired) electrons. The van der Waals surface area contributed by atoms with E-state index >= 15 is 0 Å². The summed E-state index contributed by atoms with van der Waals surface area (Å²) in [6, 6.07) is 8.84. The van der Waals surface area contributed by atoms with Crippen LogP contribution in [0.15, 0.2) is 28.8 Å². The number of aromatic nitrogens is 2. The summed E-state index contributed by atoms with van der Waals surface area (Å²) in [5.41, 5.74) is 2.80. The van der Waals surface area contributed by atoms with E-state index in [1.165, 1.54) is 37.1 Å². The van der Waals surface area contributed by atoms with Crippen molar-refractivity contribution in [3.8, 4) is 0 Å². The molecule has 0 bridgehead atoms. The fourth-order valence-corrected chi connectivity index (χ4v) is 3.94. The van der Waals surface area contributed by atoms with Crippen molar-refractivity contribution >= 4 is 0 Å². The zero-order chi connectivity index (χ0) is 16.5. The highest BCUT2D eigenvalue weighted by molar-refractivity contribution is 5.30. The lowest BCUT2D eigenvalue weighted by Crippen LogP contribution is -2.31. The van der Waals surface area contributed by atoms with Crippen LogP contribution in [0.25, 0.3) is 0 Å². The maximum absolute atomic E-state index is 5.64. The van der Waals surface area contributed by atoms with Gasteiger partial charge in [0.15, 0.2) is 5.82 Å². The molecule has 5 heteroatoms. The molecule has 2 aliphatic rings. The lowest BCUT2D eigenvalue weighted by atomic mass is 9.93. The van der Waals surface area contributed by atoms with Gasteiger partial charge >= 0.3 is 0 Å². The third-order valence-electron chi connectivity index (χ3n) is 5.56. The smallest absolute Gasteiger partial charge is 0.244 e. The molecule has 4 rings (SSSR count). The molecule has 24 heavy (non-hydrogen) atoms. The van der Waals surface area contributed by atoms with E-state index in [0.717, 1.165) is 31.1 Å². The Morgan fingerprint density at radius 1 is 1.12 bits per heavy atom. The molecule has 0 amide bonds. The largest absolute Gasteiger partial charge is 0.338 e. The topological polar surface area (TPSA) is 45.4 Å². The van der Waals surface area contributed by atoms with E-state index in [2.05, 4.69) is 53.3 Å². The maximum Gasteiger partial charge on any atom is 0.244 e. The highest BCUT2D eigenvalue weighted by Crippen LogP contribution is 2.31. The van der Waals surface area contributed by atoms with Crippen LogP contribution in [-0.4, -0.2) is 47.1 Å². The van der Waals surface area contributed by atoms with Crippen molar-refractivity contribution in [3.63, 3.8) is 0 Å². The van der Waals surface area contributed by atoms with Crippen LogP contribution in [-0.2, 0) is 19.4 Å². The summed E-state index contributed by atoms with van der Waals surface area (Å²) < 4.78 is 5.64. The fourth-order valence-electron chi connectivity index (χ4n) is 3.94. The number of nitrogens with zero attached hydrogens (tertiary/aromatic N) is 4. The van der Waals surface area contributed by atoms with Crippen molar-refractivity contribution in [2.75, 3.05) is 27.2 Å². The van der Waals surface area contributed by atoms with Gasteiger partial charge in [0.1, 0.15) is 0 Å². The molecule has 128 valence electrons. The Kier molecular flexibility index (Phi) is 4.37. The first kappa shape index (κ1) is 15.8. The van der Waals surface area contributed by atoms with Crippen molar-refractivity contribution < 1.29 is 4.52 Å². The molecule has 1 aromatic carbocycles. The van der Waals surface area contributed by atoms with Gasteiger partial charge in [0.25, 0.3) is 0 Å². The molecule has 0 unspecified atom stereocenters. The molecular weight excluding hydrogens is 300 g/mol. The van der Waals surface area contributed by atoms with Crippen molar-refractivity contribution in [3.05, 3.63) is 47.1 Å². The minimum atomic E-state index is 0.193. The maximum atomic E-state index is 5.64. The Labute approximate surface area is 143 Å². The van der Waals surface area contributed by atoms with E-state index in [1.807, 2.05) is 0 Å². The molecule has 0 spiro atoms. The number of hydrogen-bond acceptors (Lipinski definition) is 5. The second-order valence-electron chi connectivity index (χ2n) is 7.40. The molecule has 0 N–H and O–H groups in total. The van der Waals surface area contributed by atoms with Gasteiger partial charge in [-0.05, 0) is 63.5 Å². The average Bonchev–Trinajstić information content (AvgIpc) is 3.04. The zero-order valence-corrected chi connectivity index (χ0v) is 14.6. The van der Waals surface area contributed by atoms with E-state index in [0.29, 0.717) is 5.92 Å². The second-order valence-corrected chi connectivity index (χ2v) is 7.40. The summed E-state index contributed by atoms with van der Waals surface area (Å²) in [6.45, 7) is 3.29. The van der Waals surface area contributed by atoms with E-state index in [9.17, 15) is 0 Å². The Bertz CT molecular complexity index is 690. The Hall–Kier alpha value is -1.72. The highest BCUT2D eigenvalue weighted by atomic mass is 16.5. The molecule has 5 nitrogen and oxygen atoms in total. The van der Waals surface area contributed by atoms with Gasteiger partial charge in [-0.3, -0.25) is 4.90 Å². The molecule has 0 saturated carbocycles. The fraction of sp³-hybridized carbons (Fsp3) is 0.579. The van der Waals surface area contributed by atoms with Crippen molar-refractivity contribution in [2.45, 2.75) is 38.3 Å². The van der Waals surface area contributed by atoms with Gasteiger partial charge in [-0.1, -0.05) is 29.4 Å². The quantitative estimate of drug-likeness (QED) is 0.868. The minimum absolute atomic E-state index is 0.193. The Morgan fingerprint density at radius 3 is 2.67 bits per heavy atom. The number of hydrogen-bond donors (Lipinski definition) is 0. The summed E-state index contributed by atoms with van der Waals surface area (Å²) in [5.74, 6) is 2.35. The van der Waals surface area contributed by atoms with Crippen LogP contribution < -0.4 is 0 Å². The van der Waals surface area contributed by atoms with E-state index < -0.39 is 0 Å². The number of likely N-dealkylation sites (tertiary alicyclic amines) is 1. The summed E-state index contributed by atoms with van der Waals surface area (Å²) in [4.78, 5) is 9.45. The van der Waals surface area contributed by atoms with Gasteiger partial charge in [-0.25, -0.2) is 0 Å². The molecule has 0 aliphatic carbocycles. The summed E-state index contributed by atoms with van der Waals surface area (Å²) in [5, 5.41) is 4.27. The lowest BCUT2D eigenvalue weighted by molar-refractivity contribution is 0.173. The van der Waals surface area contributed by atoms with Gasteiger partial charge in [0, 0.05) is 13.0 Å². The number of benzene rings is 1. The molecule has 1 atom stereocenters. The summed E-state index contributed by atoms with van der Waals surface area (Å²) in [7, 11) is 4.33. The monoisotopic (exact) mass is 326 g/mol. The zero-order valence-electron chi connectivity index (χ0n) is 14.6. The molecule has 3 heterocycles. The van der Waals surface area contributed by atoms with Crippen molar-refractivity contribution in [2.24, 2.45) is 5.92 Å². The number of piperidine rings is 1. The van der Waals surface area contributed by atoms with Crippen molar-refractivity contribution in [1.29, 1.82) is 0 Å². The van der Waals surface area contributed by atoms with E-state index in [-0.39, 0.29) is 6.04 Å². The first-order valence-corrected chi connectivity index (χ1v) is 8.97. The highest BCUT2D eigenvalue weighted by Gasteiger charge is 2.29. The van der Waals surface area contributed by atoms with E-state index in [1.54, 1.807) is 0 Å². The predicted octanol–water partition coefficient (Wildman–Crippen LogP) is 2.68. The van der Waals surface area contributed by atoms with Gasteiger partial charge in [-0.15, -0.1) is 0 Å². The summed E-state index contributed by atoms with van der Waals surface area (Å²) in [6.07, 6.45) is 4.36. The van der Waals surface area contributed by atoms with Gasteiger partial charge in [0.2, 0.25) is 5.89 Å². The molecule has 1 aromatic heterocycles. The Balaban J connectivity index is 1.45. The number of fused-ring (bicyclic) bond motifs is 1. The Morgan fingerprint density at radius 2 is 1.88 bits per heavy atom. The van der Waals surface area contributed by atoms with Crippen molar-refractivity contribution in [1.82, 2.24) is 19.9 Å². The SMILES string of the molecule is CN1CCC(Cc2noc([C@H]3Cc4ccccc4CN3C)n2)CC1. The van der Waals surface area contributed by atoms with Crippen LogP contribution in [0.4, 0.5) is 0 Å². The third-order valence-corrected chi connectivity index (χ3v) is 5.56. The van der Waals surface area contributed by atoms with Crippen LogP contribution in [0, 0.1) is 5.92 Å². The van der Waals surface area contributed by atoms with Crippen LogP contribution in [0.2, 0.25) is 0 Å². The van der Waals surface area contributed by atoms with E-state index in [4.69, 9.17) is 9.51 Å². The first-order valence-electron chi connectivity index (χ1n) is 8.97. The second kappa shape index (κ2) is 6.65. The standard InChI is InChI=1S/C19H26N4O/c1-22-9-7-14(8-10-22)11-18-20-19(24-21-18)17-12-15-5-3-4-6-16(15)13-23(17)2/h3-6,14,17H,7-13H2,1-2H3/t17-/m1/s1. The third kappa shape index (κ3) is 3.23. The molecule has 1 fully saturated rings. The van der Waals surface area contributed by atoms with Crippen LogP contribution >= 0.6 is 0 Å². The molecular formula is C19H26N4O. The normalized spacial score (nSPS) is 23.3. The minimum Gasteiger partial charge on any atom is -0.338 e. The lowest BCUT2D eigenvalue weighted by Gasteiger charge is -2.31. The predicted molar refractivity (Wildman–Crippen MR) is 92.6 cm³/mol. The van der Waals surface area contributed by atoms with Gasteiger partial charge < -0.3 is 9.42 Å². The van der Waals surface area contributed by atoms with Crippen LogP contribution in [0.3, 0.4) is 0 Å².